The summed E-state index contributed by atoms with van der Waals surface area (Å²) >= 11 is 3.49. The van der Waals surface area contributed by atoms with Gasteiger partial charge in [-0.3, -0.25) is 4.90 Å². The zero-order valence-electron chi connectivity index (χ0n) is 11.8. The van der Waals surface area contributed by atoms with Crippen LogP contribution in [0.15, 0.2) is 46.9 Å². The number of rotatable bonds is 5. The molecule has 2 rings (SSSR count). The molecule has 0 bridgehead atoms. The molecule has 0 spiro atoms. The van der Waals surface area contributed by atoms with Crippen LogP contribution in [0.4, 0.5) is 5.69 Å². The van der Waals surface area contributed by atoms with Crippen LogP contribution >= 0.6 is 15.9 Å². The maximum Gasteiger partial charge on any atom is 0.119 e. The minimum Gasteiger partial charge on any atom is -0.497 e. The third-order valence-electron chi connectivity index (χ3n) is 3.13. The van der Waals surface area contributed by atoms with Gasteiger partial charge in [0.15, 0.2) is 0 Å². The lowest BCUT2D eigenvalue weighted by Crippen LogP contribution is -2.18. The van der Waals surface area contributed by atoms with Crippen molar-refractivity contribution in [3.8, 4) is 5.75 Å². The number of nitrogens with zero attached hydrogens (tertiary/aromatic N) is 1. The van der Waals surface area contributed by atoms with Crippen molar-refractivity contribution in [1.82, 2.24) is 4.90 Å². The fourth-order valence-corrected chi connectivity index (χ4v) is 2.59. The molecule has 0 heterocycles. The van der Waals surface area contributed by atoms with Gasteiger partial charge < -0.3 is 10.5 Å². The van der Waals surface area contributed by atoms with E-state index < -0.39 is 0 Å². The monoisotopic (exact) mass is 334 g/mol. The van der Waals surface area contributed by atoms with E-state index in [0.717, 1.165) is 34.6 Å². The van der Waals surface area contributed by atoms with Crippen molar-refractivity contribution in [3.63, 3.8) is 0 Å². The molecule has 0 aliphatic carbocycles. The summed E-state index contributed by atoms with van der Waals surface area (Å²) in [4.78, 5) is 2.23. The molecule has 0 unspecified atom stereocenters. The van der Waals surface area contributed by atoms with Gasteiger partial charge in [0, 0.05) is 23.2 Å². The molecule has 0 atom stereocenters. The zero-order valence-corrected chi connectivity index (χ0v) is 13.4. The molecular formula is C16H19BrN2O. The van der Waals surface area contributed by atoms with Crippen molar-refractivity contribution in [2.75, 3.05) is 19.9 Å². The predicted octanol–water partition coefficient (Wildman–Crippen LogP) is 3.67. The summed E-state index contributed by atoms with van der Waals surface area (Å²) in [6, 6.07) is 14.1. The maximum absolute atomic E-state index is 6.02. The van der Waals surface area contributed by atoms with E-state index in [2.05, 4.69) is 40.0 Å². The first-order valence-electron chi connectivity index (χ1n) is 6.44. The number of hydrogen-bond donors (Lipinski definition) is 1. The fourth-order valence-electron chi connectivity index (χ4n) is 2.14. The highest BCUT2D eigenvalue weighted by Gasteiger charge is 2.06. The Morgan fingerprint density at radius 3 is 2.65 bits per heavy atom. The number of nitrogen functional groups attached to an aromatic ring is 1. The molecule has 0 fully saturated rings. The van der Waals surface area contributed by atoms with Crippen LogP contribution in [0.3, 0.4) is 0 Å². The SMILES string of the molecule is COc1ccc(N)c(CN(C)Cc2cccc(Br)c2)c1. The normalized spacial score (nSPS) is 10.8. The summed E-state index contributed by atoms with van der Waals surface area (Å²) in [5.74, 6) is 0.838. The van der Waals surface area contributed by atoms with E-state index in [1.165, 1.54) is 5.56 Å². The van der Waals surface area contributed by atoms with Crippen molar-refractivity contribution in [1.29, 1.82) is 0 Å². The van der Waals surface area contributed by atoms with Gasteiger partial charge in [0.1, 0.15) is 5.75 Å². The fraction of sp³-hybridized carbons (Fsp3) is 0.250. The molecule has 20 heavy (non-hydrogen) atoms. The lowest BCUT2D eigenvalue weighted by Gasteiger charge is -2.18. The highest BCUT2D eigenvalue weighted by molar-refractivity contribution is 9.10. The van der Waals surface area contributed by atoms with Crippen LogP contribution in [0.2, 0.25) is 0 Å². The molecule has 0 radical (unpaired) electrons. The van der Waals surface area contributed by atoms with Crippen molar-refractivity contribution >= 4 is 21.6 Å². The van der Waals surface area contributed by atoms with Gasteiger partial charge in [-0.15, -0.1) is 0 Å². The average Bonchev–Trinajstić information content (AvgIpc) is 2.41. The van der Waals surface area contributed by atoms with Gasteiger partial charge >= 0.3 is 0 Å². The number of benzene rings is 2. The number of halogens is 1. The van der Waals surface area contributed by atoms with Crippen LogP contribution in [-0.4, -0.2) is 19.1 Å². The topological polar surface area (TPSA) is 38.5 Å². The number of hydrogen-bond acceptors (Lipinski definition) is 3. The molecule has 4 heteroatoms. The van der Waals surface area contributed by atoms with Gasteiger partial charge in [0.25, 0.3) is 0 Å². The Labute approximate surface area is 128 Å². The molecule has 0 amide bonds. The summed E-state index contributed by atoms with van der Waals surface area (Å²) in [7, 11) is 3.75. The van der Waals surface area contributed by atoms with E-state index in [9.17, 15) is 0 Å². The highest BCUT2D eigenvalue weighted by Crippen LogP contribution is 2.21. The third kappa shape index (κ3) is 3.99. The van der Waals surface area contributed by atoms with Crippen molar-refractivity contribution < 1.29 is 4.74 Å². The van der Waals surface area contributed by atoms with Gasteiger partial charge in [-0.25, -0.2) is 0 Å². The molecule has 0 aliphatic heterocycles. The summed E-state index contributed by atoms with van der Waals surface area (Å²) in [6.07, 6.45) is 0. The second-order valence-electron chi connectivity index (χ2n) is 4.87. The molecular weight excluding hydrogens is 316 g/mol. The van der Waals surface area contributed by atoms with Crippen LogP contribution in [0, 0.1) is 0 Å². The smallest absolute Gasteiger partial charge is 0.119 e. The molecule has 0 saturated heterocycles. The maximum atomic E-state index is 6.02. The van der Waals surface area contributed by atoms with Crippen molar-refractivity contribution in [2.24, 2.45) is 0 Å². The van der Waals surface area contributed by atoms with Gasteiger partial charge in [0.2, 0.25) is 0 Å². The zero-order chi connectivity index (χ0) is 14.5. The molecule has 2 aromatic carbocycles. The Morgan fingerprint density at radius 1 is 1.15 bits per heavy atom. The second-order valence-corrected chi connectivity index (χ2v) is 5.78. The first-order valence-corrected chi connectivity index (χ1v) is 7.23. The Morgan fingerprint density at radius 2 is 1.95 bits per heavy atom. The van der Waals surface area contributed by atoms with Crippen molar-refractivity contribution in [2.45, 2.75) is 13.1 Å². The van der Waals surface area contributed by atoms with E-state index in [1.807, 2.05) is 30.3 Å². The van der Waals surface area contributed by atoms with Gasteiger partial charge in [-0.05, 0) is 48.5 Å². The standard InChI is InChI=1S/C16H19BrN2O/c1-19(10-12-4-3-5-14(17)8-12)11-13-9-15(20-2)6-7-16(13)18/h3-9H,10-11,18H2,1-2H3. The van der Waals surface area contributed by atoms with E-state index in [-0.39, 0.29) is 0 Å². The quantitative estimate of drug-likeness (QED) is 0.848. The van der Waals surface area contributed by atoms with E-state index in [0.29, 0.717) is 0 Å². The van der Waals surface area contributed by atoms with Crippen LogP contribution < -0.4 is 10.5 Å². The van der Waals surface area contributed by atoms with Crippen LogP contribution in [0.1, 0.15) is 11.1 Å². The van der Waals surface area contributed by atoms with Gasteiger partial charge in [-0.1, -0.05) is 28.1 Å². The van der Waals surface area contributed by atoms with E-state index >= 15 is 0 Å². The van der Waals surface area contributed by atoms with Gasteiger partial charge in [0.05, 0.1) is 7.11 Å². The van der Waals surface area contributed by atoms with Crippen LogP contribution in [0.25, 0.3) is 0 Å². The molecule has 3 nitrogen and oxygen atoms in total. The summed E-state index contributed by atoms with van der Waals surface area (Å²) in [5.41, 5.74) is 9.17. The largest absolute Gasteiger partial charge is 0.497 e. The molecule has 0 aliphatic rings. The van der Waals surface area contributed by atoms with Gasteiger partial charge in [-0.2, -0.15) is 0 Å². The number of methoxy groups -OCH3 is 1. The van der Waals surface area contributed by atoms with Crippen molar-refractivity contribution in [3.05, 3.63) is 58.1 Å². The van der Waals surface area contributed by atoms with E-state index in [4.69, 9.17) is 10.5 Å². The highest BCUT2D eigenvalue weighted by atomic mass is 79.9. The summed E-state index contributed by atoms with van der Waals surface area (Å²) in [5, 5.41) is 0. The molecule has 2 aromatic rings. The number of nitrogens with two attached hydrogens (primary N) is 1. The Kier molecular flexibility index (Phi) is 5.04. The lowest BCUT2D eigenvalue weighted by molar-refractivity contribution is 0.318. The average molecular weight is 335 g/mol. The molecule has 0 aromatic heterocycles. The minimum absolute atomic E-state index is 0.787. The van der Waals surface area contributed by atoms with Crippen LogP contribution in [0.5, 0.6) is 5.75 Å². The molecule has 106 valence electrons. The third-order valence-corrected chi connectivity index (χ3v) is 3.63. The lowest BCUT2D eigenvalue weighted by atomic mass is 10.1. The minimum atomic E-state index is 0.787. The predicted molar refractivity (Wildman–Crippen MR) is 86.7 cm³/mol. The van der Waals surface area contributed by atoms with Crippen LogP contribution in [-0.2, 0) is 13.1 Å². The molecule has 0 saturated carbocycles. The first kappa shape index (κ1) is 14.9. The van der Waals surface area contributed by atoms with E-state index in [1.54, 1.807) is 7.11 Å². The molecule has 2 N–H and O–H groups in total. The number of ether oxygens (including phenoxy) is 1. The summed E-state index contributed by atoms with van der Waals surface area (Å²) in [6.45, 7) is 1.66. The Bertz CT molecular complexity index is 586. The Hall–Kier alpha value is -1.52. The summed E-state index contributed by atoms with van der Waals surface area (Å²) < 4.78 is 6.35. The number of anilines is 1. The second kappa shape index (κ2) is 6.77. The first-order chi connectivity index (χ1) is 9.58. The Balaban J connectivity index is 2.06.